The van der Waals surface area contributed by atoms with E-state index in [0.29, 0.717) is 0 Å². The van der Waals surface area contributed by atoms with Gasteiger partial charge < -0.3 is 0 Å². The molecule has 1 rings (SSSR count). The van der Waals surface area contributed by atoms with Crippen molar-refractivity contribution in [2.24, 2.45) is 0 Å². The van der Waals surface area contributed by atoms with Crippen molar-refractivity contribution in [1.29, 1.82) is 0 Å². The molecular formula is C5H12N2O. The molecule has 0 aromatic rings. The van der Waals surface area contributed by atoms with Crippen molar-refractivity contribution in [3.05, 3.63) is 0 Å². The maximum Gasteiger partial charge on any atom is 0.0702 e. The molecule has 0 spiro atoms. The summed E-state index contributed by atoms with van der Waals surface area (Å²) in [6, 6.07) is 0. The van der Waals surface area contributed by atoms with Gasteiger partial charge in [0.25, 0.3) is 0 Å². The van der Waals surface area contributed by atoms with Crippen molar-refractivity contribution < 1.29 is 4.84 Å². The summed E-state index contributed by atoms with van der Waals surface area (Å²) in [6.07, 6.45) is 2.43. The molecule has 0 amide bonds. The lowest BCUT2D eigenvalue weighted by molar-refractivity contribution is -0.210. The second-order valence-electron chi connectivity index (χ2n) is 1.87. The quantitative estimate of drug-likeness (QED) is 0.527. The standard InChI is InChI=1S/C5H12N2O/c1-6-7-4-2-3-5-8-7/h6H,2-5H2,1H3. The van der Waals surface area contributed by atoms with E-state index in [9.17, 15) is 0 Å². The van der Waals surface area contributed by atoms with Crippen molar-refractivity contribution in [2.45, 2.75) is 12.8 Å². The van der Waals surface area contributed by atoms with Crippen LogP contribution >= 0.6 is 0 Å². The van der Waals surface area contributed by atoms with Crippen molar-refractivity contribution >= 4 is 0 Å². The monoisotopic (exact) mass is 116 g/mol. The van der Waals surface area contributed by atoms with Crippen LogP contribution < -0.4 is 5.43 Å². The van der Waals surface area contributed by atoms with Gasteiger partial charge in [-0.15, -0.1) is 5.17 Å². The van der Waals surface area contributed by atoms with Crippen LogP contribution in [0.2, 0.25) is 0 Å². The Labute approximate surface area is 49.5 Å². The minimum Gasteiger partial charge on any atom is -0.284 e. The van der Waals surface area contributed by atoms with E-state index >= 15 is 0 Å². The van der Waals surface area contributed by atoms with Crippen LogP contribution in [0.15, 0.2) is 0 Å². The Hall–Kier alpha value is -0.120. The second-order valence-corrected chi connectivity index (χ2v) is 1.87. The number of rotatable bonds is 1. The van der Waals surface area contributed by atoms with Gasteiger partial charge in [0.05, 0.1) is 6.61 Å². The van der Waals surface area contributed by atoms with Crippen LogP contribution in [-0.2, 0) is 4.84 Å². The van der Waals surface area contributed by atoms with Crippen molar-refractivity contribution in [2.75, 3.05) is 20.2 Å². The summed E-state index contributed by atoms with van der Waals surface area (Å²) in [4.78, 5) is 5.15. The van der Waals surface area contributed by atoms with E-state index in [0.717, 1.165) is 13.2 Å². The summed E-state index contributed by atoms with van der Waals surface area (Å²) in [5, 5.41) is 1.77. The number of nitrogens with zero attached hydrogens (tertiary/aromatic N) is 1. The molecule has 0 unspecified atom stereocenters. The summed E-state index contributed by atoms with van der Waals surface area (Å²) in [7, 11) is 1.87. The van der Waals surface area contributed by atoms with Crippen LogP contribution in [0.1, 0.15) is 12.8 Å². The van der Waals surface area contributed by atoms with Gasteiger partial charge in [-0.25, -0.2) is 5.43 Å². The van der Waals surface area contributed by atoms with Gasteiger partial charge in [-0.2, -0.15) is 0 Å². The van der Waals surface area contributed by atoms with Gasteiger partial charge in [0.15, 0.2) is 0 Å². The number of hydroxylamine groups is 1. The minimum atomic E-state index is 0.862. The van der Waals surface area contributed by atoms with Crippen LogP contribution in [0.5, 0.6) is 0 Å². The van der Waals surface area contributed by atoms with E-state index in [4.69, 9.17) is 4.84 Å². The summed E-state index contributed by atoms with van der Waals surface area (Å²) < 4.78 is 0. The topological polar surface area (TPSA) is 24.5 Å². The first-order valence-electron chi connectivity index (χ1n) is 3.01. The third-order valence-corrected chi connectivity index (χ3v) is 1.25. The average Bonchev–Trinajstić information content (AvgIpc) is 1.90. The molecule has 0 aromatic carbocycles. The minimum absolute atomic E-state index is 0.862. The van der Waals surface area contributed by atoms with Gasteiger partial charge in [-0.05, 0) is 12.8 Å². The van der Waals surface area contributed by atoms with Crippen LogP contribution in [0.25, 0.3) is 0 Å². The molecule has 1 aliphatic heterocycles. The zero-order valence-electron chi connectivity index (χ0n) is 5.18. The summed E-state index contributed by atoms with van der Waals surface area (Å²) >= 11 is 0. The fraction of sp³-hybridized carbons (Fsp3) is 1.00. The van der Waals surface area contributed by atoms with E-state index in [1.54, 1.807) is 5.17 Å². The Kier molecular flexibility index (Phi) is 2.27. The molecule has 0 aliphatic carbocycles. The molecule has 1 aliphatic rings. The summed E-state index contributed by atoms with van der Waals surface area (Å²) in [5.41, 5.74) is 2.92. The maximum atomic E-state index is 5.15. The molecule has 0 bridgehead atoms. The highest BCUT2D eigenvalue weighted by atomic mass is 16.7. The zero-order valence-corrected chi connectivity index (χ0v) is 5.18. The molecule has 0 saturated carbocycles. The van der Waals surface area contributed by atoms with Crippen molar-refractivity contribution in [3.63, 3.8) is 0 Å². The predicted octanol–water partition coefficient (Wildman–Crippen LogP) is 0.148. The Morgan fingerprint density at radius 2 is 2.38 bits per heavy atom. The second kappa shape index (κ2) is 3.02. The lowest BCUT2D eigenvalue weighted by atomic mass is 10.3. The van der Waals surface area contributed by atoms with Gasteiger partial charge in [-0.3, -0.25) is 4.84 Å². The number of hydrogen-bond donors (Lipinski definition) is 1. The van der Waals surface area contributed by atoms with Crippen molar-refractivity contribution in [1.82, 2.24) is 10.6 Å². The molecule has 3 heteroatoms. The third-order valence-electron chi connectivity index (χ3n) is 1.25. The fourth-order valence-corrected chi connectivity index (χ4v) is 0.773. The lowest BCUT2D eigenvalue weighted by Gasteiger charge is -2.24. The Morgan fingerprint density at radius 1 is 1.50 bits per heavy atom. The SMILES string of the molecule is CNN1CCCCO1. The number of nitrogens with one attached hydrogen (secondary N) is 1. The molecule has 0 aromatic heterocycles. The molecule has 3 nitrogen and oxygen atoms in total. The highest BCUT2D eigenvalue weighted by Crippen LogP contribution is 2.00. The van der Waals surface area contributed by atoms with Gasteiger partial charge in [-0.1, -0.05) is 0 Å². The largest absolute Gasteiger partial charge is 0.284 e. The number of hydrazine groups is 1. The predicted molar refractivity (Wildman–Crippen MR) is 31.0 cm³/mol. The van der Waals surface area contributed by atoms with E-state index in [-0.39, 0.29) is 0 Å². The number of hydrogen-bond acceptors (Lipinski definition) is 3. The normalized spacial score (nSPS) is 23.6. The zero-order chi connectivity index (χ0) is 5.82. The van der Waals surface area contributed by atoms with Gasteiger partial charge in [0.2, 0.25) is 0 Å². The molecule has 0 radical (unpaired) electrons. The lowest BCUT2D eigenvalue weighted by Crippen LogP contribution is -2.38. The van der Waals surface area contributed by atoms with Crippen LogP contribution in [0, 0.1) is 0 Å². The first kappa shape index (κ1) is 6.01. The molecular weight excluding hydrogens is 104 g/mol. The van der Waals surface area contributed by atoms with Gasteiger partial charge in [0.1, 0.15) is 0 Å². The molecule has 8 heavy (non-hydrogen) atoms. The van der Waals surface area contributed by atoms with E-state index in [1.165, 1.54) is 12.8 Å². The van der Waals surface area contributed by atoms with Crippen LogP contribution in [-0.4, -0.2) is 25.4 Å². The summed E-state index contributed by atoms with van der Waals surface area (Å²) in [6.45, 7) is 1.87. The summed E-state index contributed by atoms with van der Waals surface area (Å²) in [5.74, 6) is 0. The highest BCUT2D eigenvalue weighted by Gasteiger charge is 2.06. The van der Waals surface area contributed by atoms with Gasteiger partial charge >= 0.3 is 0 Å². The van der Waals surface area contributed by atoms with E-state index in [1.807, 2.05) is 7.05 Å². The molecule has 1 saturated heterocycles. The molecule has 1 N–H and O–H groups in total. The van der Waals surface area contributed by atoms with Crippen LogP contribution in [0.4, 0.5) is 0 Å². The molecule has 48 valence electrons. The van der Waals surface area contributed by atoms with Crippen molar-refractivity contribution in [3.8, 4) is 0 Å². The smallest absolute Gasteiger partial charge is 0.0702 e. The molecule has 0 atom stereocenters. The average molecular weight is 116 g/mol. The molecule has 1 heterocycles. The van der Waals surface area contributed by atoms with Crippen LogP contribution in [0.3, 0.4) is 0 Å². The molecule has 1 fully saturated rings. The van der Waals surface area contributed by atoms with E-state index < -0.39 is 0 Å². The Morgan fingerprint density at radius 3 is 2.75 bits per heavy atom. The Balaban J connectivity index is 2.13. The first-order valence-corrected chi connectivity index (χ1v) is 3.01. The van der Waals surface area contributed by atoms with E-state index in [2.05, 4.69) is 5.43 Å². The highest BCUT2D eigenvalue weighted by molar-refractivity contribution is 4.46. The fourth-order valence-electron chi connectivity index (χ4n) is 0.773. The van der Waals surface area contributed by atoms with Gasteiger partial charge in [0, 0.05) is 13.6 Å². The first-order chi connectivity index (χ1) is 3.93. The Bertz CT molecular complexity index is 61.4. The maximum absolute atomic E-state index is 5.15. The third kappa shape index (κ3) is 1.43.